The van der Waals surface area contributed by atoms with Gasteiger partial charge in [-0.15, -0.1) is 0 Å². The van der Waals surface area contributed by atoms with Gasteiger partial charge in [-0.2, -0.15) is 0 Å². The number of anilines is 1. The van der Waals surface area contributed by atoms with E-state index in [9.17, 15) is 23.5 Å². The van der Waals surface area contributed by atoms with E-state index in [1.165, 1.54) is 24.3 Å². The van der Waals surface area contributed by atoms with Crippen LogP contribution in [-0.2, 0) is 4.79 Å². The number of halogens is 3. The maximum atomic E-state index is 14.9. The monoisotopic (exact) mass is 486 g/mol. The third-order valence-electron chi connectivity index (χ3n) is 5.26. The van der Waals surface area contributed by atoms with Crippen LogP contribution in [0.1, 0.15) is 27.9 Å². The van der Waals surface area contributed by atoms with E-state index in [0.717, 1.165) is 22.3 Å². The van der Waals surface area contributed by atoms with Gasteiger partial charge in [-0.3, -0.25) is 14.5 Å². The van der Waals surface area contributed by atoms with E-state index in [1.807, 2.05) is 0 Å². The summed E-state index contributed by atoms with van der Waals surface area (Å²) in [5.74, 6) is -4.86. The van der Waals surface area contributed by atoms with Gasteiger partial charge >= 0.3 is 0 Å². The molecule has 0 aliphatic carbocycles. The number of rotatable bonds is 4. The molecular formula is C23H13ClF2N2O4S. The number of carbonyl (C=O) groups excluding carboxylic acids is 2. The maximum absolute atomic E-state index is 14.9. The number of carbonyl (C=O) groups is 2. The van der Waals surface area contributed by atoms with Crippen LogP contribution >= 0.6 is 22.9 Å². The molecule has 3 heterocycles. The molecule has 33 heavy (non-hydrogen) atoms. The Hall–Kier alpha value is -3.56. The lowest BCUT2D eigenvalue weighted by Gasteiger charge is -2.24. The van der Waals surface area contributed by atoms with Gasteiger partial charge in [-0.05, 0) is 37.3 Å². The fourth-order valence-electron chi connectivity index (χ4n) is 3.76. The van der Waals surface area contributed by atoms with Gasteiger partial charge < -0.3 is 9.52 Å². The molecule has 1 aliphatic heterocycles. The van der Waals surface area contributed by atoms with Crippen LogP contribution in [0.5, 0.6) is 0 Å². The number of thiazole rings is 1. The van der Waals surface area contributed by atoms with Crippen LogP contribution in [0.25, 0.3) is 10.2 Å². The molecule has 166 valence electrons. The van der Waals surface area contributed by atoms with Crippen molar-refractivity contribution >= 4 is 50.0 Å². The van der Waals surface area contributed by atoms with Gasteiger partial charge in [0, 0.05) is 5.56 Å². The van der Waals surface area contributed by atoms with Crippen LogP contribution in [0.15, 0.2) is 64.3 Å². The van der Waals surface area contributed by atoms with Gasteiger partial charge in [0.1, 0.15) is 17.3 Å². The molecule has 1 amide bonds. The van der Waals surface area contributed by atoms with E-state index in [2.05, 4.69) is 4.98 Å². The van der Waals surface area contributed by atoms with E-state index in [4.69, 9.17) is 16.0 Å². The highest BCUT2D eigenvalue weighted by Gasteiger charge is 2.47. The standard InChI is InChI=1S/C23H13ClF2N2O4S/c1-10-8-9-14(32-10)20(29)16-19(11-4-2-6-13(25)17(11)26)28(22(31)21(16)30)23-27-18-12(24)5-3-7-15(18)33-23/h2-9,19,30H,1H3. The van der Waals surface area contributed by atoms with Crippen molar-refractivity contribution in [3.05, 3.63) is 93.6 Å². The normalized spacial score (nSPS) is 16.3. The number of ketones is 1. The van der Waals surface area contributed by atoms with E-state index in [0.29, 0.717) is 21.0 Å². The molecule has 1 aliphatic rings. The number of hydrogen-bond donors (Lipinski definition) is 1. The lowest BCUT2D eigenvalue weighted by atomic mass is 9.94. The molecule has 2 aromatic heterocycles. The van der Waals surface area contributed by atoms with E-state index >= 15 is 0 Å². The highest BCUT2D eigenvalue weighted by Crippen LogP contribution is 2.45. The molecule has 0 spiro atoms. The number of benzene rings is 2. The Morgan fingerprint density at radius 1 is 1.18 bits per heavy atom. The van der Waals surface area contributed by atoms with Crippen molar-refractivity contribution in [2.24, 2.45) is 0 Å². The second kappa shape index (κ2) is 7.79. The van der Waals surface area contributed by atoms with E-state index in [1.54, 1.807) is 25.1 Å². The quantitative estimate of drug-likeness (QED) is 0.362. The van der Waals surface area contributed by atoms with Gasteiger partial charge in [0.15, 0.2) is 28.3 Å². The Labute approximate surface area is 194 Å². The summed E-state index contributed by atoms with van der Waals surface area (Å²) in [6.07, 6.45) is 0. The van der Waals surface area contributed by atoms with Gasteiger partial charge in [0.2, 0.25) is 5.78 Å². The molecular weight excluding hydrogens is 474 g/mol. The number of aliphatic hydroxyl groups excluding tert-OH is 1. The van der Waals surface area contributed by atoms with Crippen molar-refractivity contribution in [2.75, 3.05) is 4.90 Å². The first-order valence-corrected chi connectivity index (χ1v) is 10.8. The molecule has 0 fully saturated rings. The molecule has 0 saturated carbocycles. The summed E-state index contributed by atoms with van der Waals surface area (Å²) >= 11 is 7.27. The first kappa shape index (κ1) is 21.3. The summed E-state index contributed by atoms with van der Waals surface area (Å²) in [6, 6.07) is 9.88. The van der Waals surface area contributed by atoms with Crippen molar-refractivity contribution in [3.8, 4) is 0 Å². The fraction of sp³-hybridized carbons (Fsp3) is 0.0870. The third-order valence-corrected chi connectivity index (χ3v) is 6.58. The average molecular weight is 487 g/mol. The van der Waals surface area contributed by atoms with Crippen molar-refractivity contribution in [3.63, 3.8) is 0 Å². The van der Waals surface area contributed by atoms with Gasteiger partial charge in [0.05, 0.1) is 15.3 Å². The van der Waals surface area contributed by atoms with E-state index < -0.39 is 40.7 Å². The molecule has 1 unspecified atom stereocenters. The molecule has 4 aromatic rings. The average Bonchev–Trinajstić information content (AvgIpc) is 3.47. The Morgan fingerprint density at radius 3 is 2.64 bits per heavy atom. The second-order valence-corrected chi connectivity index (χ2v) is 8.72. The molecule has 0 bridgehead atoms. The highest BCUT2D eigenvalue weighted by atomic mass is 35.5. The summed E-state index contributed by atoms with van der Waals surface area (Å²) in [5, 5.41) is 11.1. The van der Waals surface area contributed by atoms with Gasteiger partial charge in [-0.1, -0.05) is 41.1 Å². The zero-order valence-electron chi connectivity index (χ0n) is 16.8. The van der Waals surface area contributed by atoms with Crippen LogP contribution in [0, 0.1) is 18.6 Å². The zero-order chi connectivity index (χ0) is 23.4. The Bertz CT molecular complexity index is 1490. The highest BCUT2D eigenvalue weighted by molar-refractivity contribution is 7.22. The number of para-hydroxylation sites is 1. The van der Waals surface area contributed by atoms with Crippen molar-refractivity contribution < 1.29 is 27.9 Å². The number of hydrogen-bond acceptors (Lipinski definition) is 6. The molecule has 0 saturated heterocycles. The Balaban J connectivity index is 1.73. The number of aromatic nitrogens is 1. The third kappa shape index (κ3) is 3.32. The van der Waals surface area contributed by atoms with Crippen molar-refractivity contribution in [1.82, 2.24) is 4.98 Å². The Morgan fingerprint density at radius 2 is 1.94 bits per heavy atom. The first-order valence-electron chi connectivity index (χ1n) is 9.64. The first-order chi connectivity index (χ1) is 15.8. The topological polar surface area (TPSA) is 83.6 Å². The lowest BCUT2D eigenvalue weighted by molar-refractivity contribution is -0.117. The molecule has 10 heteroatoms. The van der Waals surface area contributed by atoms with Crippen LogP contribution in [0.4, 0.5) is 13.9 Å². The zero-order valence-corrected chi connectivity index (χ0v) is 18.4. The molecule has 1 N–H and O–H groups in total. The molecule has 6 nitrogen and oxygen atoms in total. The van der Waals surface area contributed by atoms with Crippen LogP contribution in [0.3, 0.4) is 0 Å². The Kier molecular flexibility index (Phi) is 5.02. The summed E-state index contributed by atoms with van der Waals surface area (Å²) in [5.41, 5.74) is -0.361. The van der Waals surface area contributed by atoms with Gasteiger partial charge in [-0.25, -0.2) is 13.8 Å². The minimum Gasteiger partial charge on any atom is -0.503 e. The number of nitrogens with zero attached hydrogens (tertiary/aromatic N) is 2. The summed E-state index contributed by atoms with van der Waals surface area (Å²) in [4.78, 5) is 31.8. The largest absolute Gasteiger partial charge is 0.503 e. The van der Waals surface area contributed by atoms with Crippen LogP contribution < -0.4 is 4.90 Å². The summed E-state index contributed by atoms with van der Waals surface area (Å²) in [6.45, 7) is 1.62. The number of furan rings is 1. The SMILES string of the molecule is Cc1ccc(C(=O)C2=C(O)C(=O)N(c3nc4c(Cl)cccc4s3)C2c2cccc(F)c2F)o1. The number of Topliss-reactive ketones (excluding diaryl/α,β-unsaturated/α-hetero) is 1. The van der Waals surface area contributed by atoms with E-state index in [-0.39, 0.29) is 16.5 Å². The molecule has 2 aromatic carbocycles. The molecule has 0 radical (unpaired) electrons. The van der Waals surface area contributed by atoms with Crippen molar-refractivity contribution in [1.29, 1.82) is 0 Å². The fourth-order valence-corrected chi connectivity index (χ4v) is 5.05. The summed E-state index contributed by atoms with van der Waals surface area (Å²) < 4.78 is 35.0. The summed E-state index contributed by atoms with van der Waals surface area (Å²) in [7, 11) is 0. The number of amides is 1. The number of fused-ring (bicyclic) bond motifs is 1. The van der Waals surface area contributed by atoms with Gasteiger partial charge in [0.25, 0.3) is 5.91 Å². The van der Waals surface area contributed by atoms with Crippen LogP contribution in [0.2, 0.25) is 5.02 Å². The lowest BCUT2D eigenvalue weighted by Crippen LogP contribution is -2.31. The predicted octanol–water partition coefficient (Wildman–Crippen LogP) is 5.91. The molecule has 5 rings (SSSR count). The minimum atomic E-state index is -1.48. The number of aliphatic hydroxyl groups is 1. The second-order valence-electron chi connectivity index (χ2n) is 7.31. The minimum absolute atomic E-state index is 0.0572. The van der Waals surface area contributed by atoms with Crippen molar-refractivity contribution in [2.45, 2.75) is 13.0 Å². The van der Waals surface area contributed by atoms with Crippen LogP contribution in [-0.4, -0.2) is 21.8 Å². The number of aryl methyl sites for hydroxylation is 1. The maximum Gasteiger partial charge on any atom is 0.296 e. The predicted molar refractivity (Wildman–Crippen MR) is 119 cm³/mol. The smallest absolute Gasteiger partial charge is 0.296 e. The molecule has 1 atom stereocenters.